The summed E-state index contributed by atoms with van der Waals surface area (Å²) in [5.74, 6) is -1.68. The molecule has 0 bridgehead atoms. The first kappa shape index (κ1) is 12.6. The summed E-state index contributed by atoms with van der Waals surface area (Å²) in [5, 5.41) is 17.0. The minimum atomic E-state index is -1.11. The fourth-order valence-corrected chi connectivity index (χ4v) is 2.11. The van der Waals surface area contributed by atoms with Gasteiger partial charge in [-0.25, -0.2) is 13.9 Å². The normalized spacial score (nSPS) is 10.9. The van der Waals surface area contributed by atoms with Gasteiger partial charge >= 0.3 is 5.97 Å². The summed E-state index contributed by atoms with van der Waals surface area (Å²) in [4.78, 5) is 11.1. The number of rotatable bonds is 2. The molecule has 0 aliphatic carbocycles. The van der Waals surface area contributed by atoms with Crippen LogP contribution in [0.5, 0.6) is 0 Å². The van der Waals surface area contributed by atoms with Gasteiger partial charge in [0, 0.05) is 5.02 Å². The maximum absolute atomic E-state index is 13.9. The summed E-state index contributed by atoms with van der Waals surface area (Å²) in [6.07, 6.45) is 0. The van der Waals surface area contributed by atoms with Gasteiger partial charge < -0.3 is 5.11 Å². The highest BCUT2D eigenvalue weighted by Crippen LogP contribution is 2.23. The quantitative estimate of drug-likeness (QED) is 0.788. The van der Waals surface area contributed by atoms with Crippen molar-refractivity contribution in [1.82, 2.24) is 15.0 Å². The molecule has 0 amide bonds. The van der Waals surface area contributed by atoms with Gasteiger partial charge in [0.25, 0.3) is 0 Å². The van der Waals surface area contributed by atoms with Crippen molar-refractivity contribution in [2.45, 2.75) is 0 Å². The number of benzene rings is 2. The summed E-state index contributed by atoms with van der Waals surface area (Å²) in [5.41, 5.74) is 0.781. The Morgan fingerprint density at radius 2 is 2.10 bits per heavy atom. The molecule has 1 aromatic heterocycles. The molecule has 7 heteroatoms. The van der Waals surface area contributed by atoms with Crippen LogP contribution in [0.15, 0.2) is 36.4 Å². The molecular weight excluding hydrogens is 285 g/mol. The van der Waals surface area contributed by atoms with E-state index in [4.69, 9.17) is 16.7 Å². The van der Waals surface area contributed by atoms with Crippen LogP contribution in [-0.2, 0) is 0 Å². The van der Waals surface area contributed by atoms with E-state index in [0.717, 1.165) is 6.07 Å². The Morgan fingerprint density at radius 1 is 1.30 bits per heavy atom. The smallest absolute Gasteiger partial charge is 0.338 e. The molecule has 3 aromatic rings. The molecule has 0 aliphatic rings. The van der Waals surface area contributed by atoms with Crippen LogP contribution in [0.25, 0.3) is 16.7 Å². The van der Waals surface area contributed by atoms with Crippen molar-refractivity contribution in [3.8, 4) is 5.69 Å². The predicted octanol–water partition coefficient (Wildman–Crippen LogP) is 2.91. The number of aromatic nitrogens is 3. The van der Waals surface area contributed by atoms with E-state index in [1.54, 1.807) is 12.1 Å². The van der Waals surface area contributed by atoms with Crippen LogP contribution in [0.3, 0.4) is 0 Å². The van der Waals surface area contributed by atoms with Crippen molar-refractivity contribution < 1.29 is 14.3 Å². The maximum Gasteiger partial charge on any atom is 0.338 e. The second kappa shape index (κ2) is 4.57. The van der Waals surface area contributed by atoms with Crippen molar-refractivity contribution in [2.24, 2.45) is 0 Å². The largest absolute Gasteiger partial charge is 0.478 e. The van der Waals surface area contributed by atoms with Gasteiger partial charge in [0.05, 0.1) is 11.1 Å². The Morgan fingerprint density at radius 3 is 2.80 bits per heavy atom. The third kappa shape index (κ3) is 1.90. The van der Waals surface area contributed by atoms with Gasteiger partial charge in [-0.1, -0.05) is 22.9 Å². The highest BCUT2D eigenvalue weighted by Gasteiger charge is 2.16. The topological polar surface area (TPSA) is 68.0 Å². The van der Waals surface area contributed by atoms with E-state index in [1.807, 2.05) is 0 Å². The van der Waals surface area contributed by atoms with Crippen LogP contribution in [0.2, 0.25) is 5.02 Å². The molecule has 1 heterocycles. The lowest BCUT2D eigenvalue weighted by Crippen LogP contribution is -2.00. The van der Waals surface area contributed by atoms with Crippen molar-refractivity contribution in [2.75, 3.05) is 0 Å². The molecule has 0 radical (unpaired) electrons. The molecule has 0 saturated heterocycles. The lowest BCUT2D eigenvalue weighted by Gasteiger charge is -2.04. The van der Waals surface area contributed by atoms with Crippen LogP contribution in [-0.4, -0.2) is 26.1 Å². The fraction of sp³-hybridized carbons (Fsp3) is 0. The van der Waals surface area contributed by atoms with E-state index in [0.29, 0.717) is 5.52 Å². The number of nitrogens with zero attached hydrogens (tertiary/aromatic N) is 3. The first-order valence-electron chi connectivity index (χ1n) is 5.61. The van der Waals surface area contributed by atoms with E-state index in [9.17, 15) is 9.18 Å². The fourth-order valence-electron chi connectivity index (χ4n) is 1.95. The molecule has 0 aliphatic heterocycles. The SMILES string of the molecule is O=C(O)c1cccc2c1nnn2-c1ccc(Cl)cc1F. The number of hydrogen-bond acceptors (Lipinski definition) is 3. The van der Waals surface area contributed by atoms with Gasteiger partial charge in [-0.3, -0.25) is 0 Å². The number of carboxylic acids is 1. The zero-order valence-electron chi connectivity index (χ0n) is 9.92. The zero-order valence-corrected chi connectivity index (χ0v) is 10.7. The second-order valence-corrected chi connectivity index (χ2v) is 4.51. The van der Waals surface area contributed by atoms with Gasteiger partial charge in [0.15, 0.2) is 0 Å². The standard InChI is InChI=1S/C13H7ClFN3O2/c14-7-4-5-10(9(15)6-7)18-11-3-1-2-8(13(19)20)12(11)16-17-18/h1-6H,(H,19,20). The summed E-state index contributed by atoms with van der Waals surface area (Å²) >= 11 is 5.70. The molecule has 0 fully saturated rings. The van der Waals surface area contributed by atoms with Gasteiger partial charge in [0.2, 0.25) is 0 Å². The van der Waals surface area contributed by atoms with Crippen molar-refractivity contribution in [1.29, 1.82) is 0 Å². The molecule has 1 N–H and O–H groups in total. The van der Waals surface area contributed by atoms with Crippen LogP contribution in [0.1, 0.15) is 10.4 Å². The molecule has 20 heavy (non-hydrogen) atoms. The average molecular weight is 292 g/mol. The van der Waals surface area contributed by atoms with Gasteiger partial charge in [-0.15, -0.1) is 5.10 Å². The molecule has 3 rings (SSSR count). The third-order valence-electron chi connectivity index (χ3n) is 2.85. The van der Waals surface area contributed by atoms with E-state index >= 15 is 0 Å². The first-order valence-corrected chi connectivity index (χ1v) is 5.99. The minimum absolute atomic E-state index is 0.0168. The monoisotopic (exact) mass is 291 g/mol. The number of fused-ring (bicyclic) bond motifs is 1. The van der Waals surface area contributed by atoms with E-state index < -0.39 is 11.8 Å². The Balaban J connectivity index is 2.28. The van der Waals surface area contributed by atoms with Crippen LogP contribution in [0, 0.1) is 5.82 Å². The molecule has 0 unspecified atom stereocenters. The van der Waals surface area contributed by atoms with E-state index in [-0.39, 0.29) is 21.8 Å². The van der Waals surface area contributed by atoms with Crippen LogP contribution in [0.4, 0.5) is 4.39 Å². The summed E-state index contributed by atoms with van der Waals surface area (Å²) in [7, 11) is 0. The number of carbonyl (C=O) groups is 1. The molecule has 0 spiro atoms. The van der Waals surface area contributed by atoms with Crippen LogP contribution < -0.4 is 0 Å². The van der Waals surface area contributed by atoms with E-state index in [1.165, 1.54) is 22.9 Å². The highest BCUT2D eigenvalue weighted by molar-refractivity contribution is 6.30. The number of carboxylic acid groups (broad SMARTS) is 1. The average Bonchev–Trinajstić information content (AvgIpc) is 2.82. The Bertz CT molecular complexity index is 832. The number of halogens is 2. The summed E-state index contributed by atoms with van der Waals surface area (Å²) in [6.45, 7) is 0. The molecule has 0 atom stereocenters. The molecule has 2 aromatic carbocycles. The minimum Gasteiger partial charge on any atom is -0.478 e. The predicted molar refractivity (Wildman–Crippen MR) is 70.8 cm³/mol. The molecular formula is C13H7ClFN3O2. The van der Waals surface area contributed by atoms with Crippen molar-refractivity contribution in [3.63, 3.8) is 0 Å². The Kier molecular flexibility index (Phi) is 2.87. The first-order chi connectivity index (χ1) is 9.58. The second-order valence-electron chi connectivity index (χ2n) is 4.08. The Hall–Kier alpha value is -2.47. The lowest BCUT2D eigenvalue weighted by atomic mass is 10.2. The molecule has 100 valence electrons. The number of aromatic carboxylic acids is 1. The lowest BCUT2D eigenvalue weighted by molar-refractivity contribution is 0.0699. The Labute approximate surface area is 117 Å². The molecule has 5 nitrogen and oxygen atoms in total. The van der Waals surface area contributed by atoms with Gasteiger partial charge in [-0.2, -0.15) is 0 Å². The van der Waals surface area contributed by atoms with Crippen molar-refractivity contribution >= 4 is 28.6 Å². The molecule has 0 saturated carbocycles. The number of hydrogen-bond donors (Lipinski definition) is 1. The highest BCUT2D eigenvalue weighted by atomic mass is 35.5. The third-order valence-corrected chi connectivity index (χ3v) is 3.08. The summed E-state index contributed by atoms with van der Waals surface area (Å²) in [6, 6.07) is 8.73. The maximum atomic E-state index is 13.9. The summed E-state index contributed by atoms with van der Waals surface area (Å²) < 4.78 is 15.2. The zero-order chi connectivity index (χ0) is 14.3. The van der Waals surface area contributed by atoms with Crippen LogP contribution >= 0.6 is 11.6 Å². The van der Waals surface area contributed by atoms with Gasteiger partial charge in [-0.05, 0) is 30.3 Å². The van der Waals surface area contributed by atoms with Gasteiger partial charge in [0.1, 0.15) is 17.0 Å². The van der Waals surface area contributed by atoms with E-state index in [2.05, 4.69) is 10.3 Å². The van der Waals surface area contributed by atoms with Crippen molar-refractivity contribution in [3.05, 3.63) is 52.8 Å².